The van der Waals surface area contributed by atoms with Crippen LogP contribution in [0.4, 0.5) is 30.7 Å². The van der Waals surface area contributed by atoms with Crippen LogP contribution in [0.2, 0.25) is 0 Å². The molecule has 0 aliphatic rings. The van der Waals surface area contributed by atoms with E-state index in [0.29, 0.717) is 0 Å². The predicted octanol–water partition coefficient (Wildman–Crippen LogP) is 2.88. The van der Waals surface area contributed by atoms with Crippen molar-refractivity contribution in [1.29, 1.82) is 0 Å². The molecule has 1 atom stereocenters. The summed E-state index contributed by atoms with van der Waals surface area (Å²) in [7, 11) is 0. The van der Waals surface area contributed by atoms with E-state index in [4.69, 9.17) is 0 Å². The SMILES string of the molecule is FCC(F)(F)CC(F)C(F)(F)F. The summed E-state index contributed by atoms with van der Waals surface area (Å²) in [6, 6.07) is 0. The van der Waals surface area contributed by atoms with Crippen molar-refractivity contribution in [3.05, 3.63) is 0 Å². The molecular weight excluding hydrogens is 193 g/mol. The first-order valence-corrected chi connectivity index (χ1v) is 2.83. The molecule has 0 spiro atoms. The Hall–Kier alpha value is -0.490. The van der Waals surface area contributed by atoms with Crippen molar-refractivity contribution in [2.75, 3.05) is 6.67 Å². The predicted molar refractivity (Wildman–Crippen MR) is 26.5 cm³/mol. The summed E-state index contributed by atoms with van der Waals surface area (Å²) in [5.41, 5.74) is 0. The first kappa shape index (κ1) is 11.5. The normalized spacial score (nSPS) is 16.2. The van der Waals surface area contributed by atoms with Gasteiger partial charge in [-0.3, -0.25) is 0 Å². The van der Waals surface area contributed by atoms with Crippen molar-refractivity contribution in [1.82, 2.24) is 0 Å². The van der Waals surface area contributed by atoms with Gasteiger partial charge < -0.3 is 0 Å². The minimum atomic E-state index is -5.35. The zero-order valence-corrected chi connectivity index (χ0v) is 5.64. The topological polar surface area (TPSA) is 0 Å². The monoisotopic (exact) mass is 198 g/mol. The van der Waals surface area contributed by atoms with Crippen LogP contribution in [0.1, 0.15) is 6.42 Å². The number of alkyl halides is 7. The van der Waals surface area contributed by atoms with Crippen LogP contribution in [-0.2, 0) is 0 Å². The van der Waals surface area contributed by atoms with Gasteiger partial charge in [-0.2, -0.15) is 13.2 Å². The van der Waals surface area contributed by atoms with E-state index in [2.05, 4.69) is 0 Å². The van der Waals surface area contributed by atoms with Crippen molar-refractivity contribution in [3.63, 3.8) is 0 Å². The Bertz CT molecular complexity index is 137. The molecule has 0 aromatic carbocycles. The summed E-state index contributed by atoms with van der Waals surface area (Å²) >= 11 is 0. The molecule has 0 saturated heterocycles. The summed E-state index contributed by atoms with van der Waals surface area (Å²) in [5, 5.41) is 0. The summed E-state index contributed by atoms with van der Waals surface area (Å²) in [6.45, 7) is -2.29. The highest BCUT2D eigenvalue weighted by molar-refractivity contribution is 4.75. The molecule has 0 N–H and O–H groups in total. The van der Waals surface area contributed by atoms with E-state index in [1.54, 1.807) is 0 Å². The molecule has 0 aliphatic heterocycles. The highest BCUT2D eigenvalue weighted by Gasteiger charge is 2.46. The molecule has 12 heavy (non-hydrogen) atoms. The molecule has 0 bridgehead atoms. The van der Waals surface area contributed by atoms with Crippen LogP contribution in [0.25, 0.3) is 0 Å². The van der Waals surface area contributed by atoms with Crippen LogP contribution in [0.3, 0.4) is 0 Å². The lowest BCUT2D eigenvalue weighted by Gasteiger charge is -2.17. The van der Waals surface area contributed by atoms with Gasteiger partial charge in [0.15, 0.2) is 6.67 Å². The second-order valence-electron chi connectivity index (χ2n) is 2.20. The molecule has 74 valence electrons. The van der Waals surface area contributed by atoms with Gasteiger partial charge in [0.1, 0.15) is 0 Å². The third kappa shape index (κ3) is 3.77. The van der Waals surface area contributed by atoms with Crippen molar-refractivity contribution < 1.29 is 30.7 Å². The Balaban J connectivity index is 4.09. The molecule has 0 rings (SSSR count). The average Bonchev–Trinajstić information content (AvgIpc) is 1.85. The molecule has 0 aromatic rings. The van der Waals surface area contributed by atoms with Gasteiger partial charge in [0.05, 0.1) is 6.42 Å². The second-order valence-corrected chi connectivity index (χ2v) is 2.20. The Labute approximate surface area is 63.4 Å². The molecule has 0 radical (unpaired) electrons. The van der Waals surface area contributed by atoms with Crippen LogP contribution < -0.4 is 0 Å². The van der Waals surface area contributed by atoms with Gasteiger partial charge in [-0.25, -0.2) is 17.6 Å². The lowest BCUT2D eigenvalue weighted by molar-refractivity contribution is -0.200. The maximum absolute atomic E-state index is 11.8. The van der Waals surface area contributed by atoms with E-state index in [1.165, 1.54) is 0 Å². The summed E-state index contributed by atoms with van der Waals surface area (Å²) < 4.78 is 80.5. The fourth-order valence-corrected chi connectivity index (χ4v) is 0.432. The van der Waals surface area contributed by atoms with Gasteiger partial charge in [0.25, 0.3) is 5.92 Å². The second kappa shape index (κ2) is 3.49. The van der Waals surface area contributed by atoms with Crippen LogP contribution in [-0.4, -0.2) is 24.9 Å². The Kier molecular flexibility index (Phi) is 3.34. The molecule has 7 heteroatoms. The van der Waals surface area contributed by atoms with Crippen LogP contribution in [0.15, 0.2) is 0 Å². The lowest BCUT2D eigenvalue weighted by atomic mass is 10.2. The number of hydrogen-bond acceptors (Lipinski definition) is 0. The van der Waals surface area contributed by atoms with E-state index in [9.17, 15) is 30.7 Å². The third-order valence-corrected chi connectivity index (χ3v) is 1.03. The maximum atomic E-state index is 11.8. The quantitative estimate of drug-likeness (QED) is 0.611. The molecule has 0 fully saturated rings. The van der Waals surface area contributed by atoms with Gasteiger partial charge in [0, 0.05) is 0 Å². The van der Waals surface area contributed by atoms with E-state index in [1.807, 2.05) is 0 Å². The number of halogens is 7. The van der Waals surface area contributed by atoms with Gasteiger partial charge in [0.2, 0.25) is 6.17 Å². The molecular formula is C5H5F7. The summed E-state index contributed by atoms with van der Waals surface area (Å²) in [4.78, 5) is 0. The van der Waals surface area contributed by atoms with Crippen molar-refractivity contribution in [2.24, 2.45) is 0 Å². The summed E-state index contributed by atoms with van der Waals surface area (Å²) in [6.07, 6.45) is -11.2. The summed E-state index contributed by atoms with van der Waals surface area (Å²) in [5.74, 6) is -4.24. The van der Waals surface area contributed by atoms with Gasteiger partial charge in [-0.05, 0) is 0 Å². The molecule has 0 nitrogen and oxygen atoms in total. The fraction of sp³-hybridized carbons (Fsp3) is 1.00. The minimum absolute atomic E-state index is 2.16. The van der Waals surface area contributed by atoms with Gasteiger partial charge >= 0.3 is 6.18 Å². The van der Waals surface area contributed by atoms with Crippen molar-refractivity contribution >= 4 is 0 Å². The minimum Gasteiger partial charge on any atom is -0.244 e. The molecule has 0 amide bonds. The van der Waals surface area contributed by atoms with Crippen LogP contribution in [0.5, 0.6) is 0 Å². The van der Waals surface area contributed by atoms with Crippen molar-refractivity contribution in [3.8, 4) is 0 Å². The molecule has 0 aliphatic carbocycles. The highest BCUT2D eigenvalue weighted by atomic mass is 19.4. The fourth-order valence-electron chi connectivity index (χ4n) is 0.432. The Morgan fingerprint density at radius 2 is 1.42 bits per heavy atom. The molecule has 0 saturated carbocycles. The third-order valence-electron chi connectivity index (χ3n) is 1.03. The smallest absolute Gasteiger partial charge is 0.244 e. The van der Waals surface area contributed by atoms with E-state index in [0.717, 1.165) is 0 Å². The molecule has 0 heterocycles. The highest BCUT2D eigenvalue weighted by Crippen LogP contribution is 2.32. The van der Waals surface area contributed by atoms with Crippen LogP contribution >= 0.6 is 0 Å². The van der Waals surface area contributed by atoms with E-state index in [-0.39, 0.29) is 0 Å². The molecule has 1 unspecified atom stereocenters. The standard InChI is InChI=1S/C5H5F7/c6-2-4(8,9)1-3(7)5(10,11)12/h3H,1-2H2. The molecule has 0 aromatic heterocycles. The first-order chi connectivity index (χ1) is 5.19. The number of hydrogen-bond donors (Lipinski definition) is 0. The zero-order valence-electron chi connectivity index (χ0n) is 5.64. The van der Waals surface area contributed by atoms with E-state index < -0.39 is 31.4 Å². The largest absolute Gasteiger partial charge is 0.419 e. The Morgan fingerprint density at radius 1 is 1.00 bits per heavy atom. The van der Waals surface area contributed by atoms with E-state index >= 15 is 0 Å². The van der Waals surface area contributed by atoms with Gasteiger partial charge in [-0.15, -0.1) is 0 Å². The first-order valence-electron chi connectivity index (χ1n) is 2.83. The van der Waals surface area contributed by atoms with Crippen molar-refractivity contribution in [2.45, 2.75) is 24.7 Å². The van der Waals surface area contributed by atoms with Crippen LogP contribution in [0, 0.1) is 0 Å². The average molecular weight is 198 g/mol. The maximum Gasteiger partial charge on any atom is 0.419 e. The zero-order chi connectivity index (χ0) is 9.99. The lowest BCUT2D eigenvalue weighted by Crippen LogP contribution is -2.33. The Morgan fingerprint density at radius 3 is 1.67 bits per heavy atom. The number of rotatable bonds is 3. The van der Waals surface area contributed by atoms with Gasteiger partial charge in [-0.1, -0.05) is 0 Å².